The van der Waals surface area contributed by atoms with Crippen molar-refractivity contribution in [3.8, 4) is 0 Å². The number of hydrogen-bond donors (Lipinski definition) is 3. The van der Waals surface area contributed by atoms with Gasteiger partial charge in [-0.25, -0.2) is 0 Å². The number of amides is 2. The molecule has 0 spiro atoms. The number of hydrogen-bond acceptors (Lipinski definition) is 4. The number of anilines is 1. The molecule has 4 N–H and O–H groups in total. The summed E-state index contributed by atoms with van der Waals surface area (Å²) in [5.74, 6) is -2.53. The Kier molecular flexibility index (Phi) is 3.63. The van der Waals surface area contributed by atoms with E-state index in [2.05, 4.69) is 5.32 Å². The number of carbonyl (C=O) groups is 3. The number of rotatable bonds is 4. The van der Waals surface area contributed by atoms with Crippen LogP contribution in [0.5, 0.6) is 0 Å². The van der Waals surface area contributed by atoms with Gasteiger partial charge in [0.2, 0.25) is 5.91 Å². The number of primary amides is 1. The Morgan fingerprint density at radius 3 is 2.50 bits per heavy atom. The highest BCUT2D eigenvalue weighted by Gasteiger charge is 2.54. The molecule has 2 amide bonds. The zero-order valence-electron chi connectivity index (χ0n) is 13.2. The molecule has 2 bridgehead atoms. The van der Waals surface area contributed by atoms with Crippen LogP contribution in [0.15, 0.2) is 0 Å². The summed E-state index contributed by atoms with van der Waals surface area (Å²) in [7, 11) is 0. The SMILES string of the molecule is NC(=O)c1c(NC(=O)[C@@H]2[C@H]3CC[C@@H](C3)[C@H]2C(=O)O)sc2c1CCC2. The van der Waals surface area contributed by atoms with Crippen LogP contribution in [-0.2, 0) is 22.4 Å². The third-order valence-electron chi connectivity index (χ3n) is 5.91. The lowest BCUT2D eigenvalue weighted by molar-refractivity contribution is -0.148. The maximum atomic E-state index is 12.8. The summed E-state index contributed by atoms with van der Waals surface area (Å²) in [6.45, 7) is 0. The number of nitrogens with one attached hydrogen (secondary N) is 1. The number of carbonyl (C=O) groups excluding carboxylic acids is 2. The largest absolute Gasteiger partial charge is 0.481 e. The second-order valence-corrected chi connectivity index (χ2v) is 8.24. The Hall–Kier alpha value is -1.89. The van der Waals surface area contributed by atoms with Crippen LogP contribution in [0.4, 0.5) is 5.00 Å². The Morgan fingerprint density at radius 1 is 1.12 bits per heavy atom. The first-order valence-electron chi connectivity index (χ1n) is 8.45. The average molecular weight is 348 g/mol. The van der Waals surface area contributed by atoms with Crippen molar-refractivity contribution < 1.29 is 19.5 Å². The van der Waals surface area contributed by atoms with E-state index in [-0.39, 0.29) is 17.7 Å². The number of aliphatic carboxylic acids is 1. The lowest BCUT2D eigenvalue weighted by atomic mass is 9.79. The first-order chi connectivity index (χ1) is 11.5. The van der Waals surface area contributed by atoms with Gasteiger partial charge in [-0.2, -0.15) is 0 Å². The van der Waals surface area contributed by atoms with Crippen LogP contribution in [0.1, 0.15) is 46.5 Å². The van der Waals surface area contributed by atoms with Gasteiger partial charge >= 0.3 is 5.97 Å². The van der Waals surface area contributed by atoms with E-state index in [1.54, 1.807) is 0 Å². The Bertz CT molecular complexity index is 741. The van der Waals surface area contributed by atoms with Gasteiger partial charge in [0, 0.05) is 4.88 Å². The molecule has 0 saturated heterocycles. The van der Waals surface area contributed by atoms with Gasteiger partial charge in [0.1, 0.15) is 5.00 Å². The fourth-order valence-corrected chi connectivity index (χ4v) is 6.27. The molecule has 4 atom stereocenters. The molecule has 0 aromatic carbocycles. The van der Waals surface area contributed by atoms with Crippen molar-refractivity contribution in [2.24, 2.45) is 29.4 Å². The summed E-state index contributed by atoms with van der Waals surface area (Å²) in [6, 6.07) is 0. The lowest BCUT2D eigenvalue weighted by Crippen LogP contribution is -2.38. The molecule has 3 aliphatic carbocycles. The number of fused-ring (bicyclic) bond motifs is 3. The van der Waals surface area contributed by atoms with Crippen molar-refractivity contribution in [1.29, 1.82) is 0 Å². The highest BCUT2D eigenvalue weighted by molar-refractivity contribution is 7.17. The van der Waals surface area contributed by atoms with E-state index in [1.165, 1.54) is 11.3 Å². The summed E-state index contributed by atoms with van der Waals surface area (Å²) < 4.78 is 0. The van der Waals surface area contributed by atoms with E-state index in [4.69, 9.17) is 5.73 Å². The zero-order chi connectivity index (χ0) is 17.0. The van der Waals surface area contributed by atoms with Crippen molar-refractivity contribution in [2.45, 2.75) is 38.5 Å². The van der Waals surface area contributed by atoms with Crippen molar-refractivity contribution >= 4 is 34.1 Å². The van der Waals surface area contributed by atoms with Crippen LogP contribution in [0.25, 0.3) is 0 Å². The highest BCUT2D eigenvalue weighted by atomic mass is 32.1. The molecular weight excluding hydrogens is 328 g/mol. The minimum absolute atomic E-state index is 0.104. The normalized spacial score (nSPS) is 30.3. The van der Waals surface area contributed by atoms with Gasteiger partial charge in [-0.1, -0.05) is 0 Å². The molecule has 2 fully saturated rings. The van der Waals surface area contributed by atoms with Gasteiger partial charge < -0.3 is 16.2 Å². The third kappa shape index (κ3) is 2.25. The van der Waals surface area contributed by atoms with Gasteiger partial charge in [-0.3, -0.25) is 14.4 Å². The topological polar surface area (TPSA) is 109 Å². The fraction of sp³-hybridized carbons (Fsp3) is 0.588. The molecule has 3 aliphatic rings. The average Bonchev–Trinajstić information content (AvgIpc) is 3.24. The molecule has 1 aromatic rings. The molecule has 0 unspecified atom stereocenters. The van der Waals surface area contributed by atoms with Crippen LogP contribution >= 0.6 is 11.3 Å². The van der Waals surface area contributed by atoms with Crippen LogP contribution in [0.2, 0.25) is 0 Å². The van der Waals surface area contributed by atoms with Crippen molar-refractivity contribution in [2.75, 3.05) is 5.32 Å². The van der Waals surface area contributed by atoms with Crippen molar-refractivity contribution in [3.05, 3.63) is 16.0 Å². The number of nitrogens with two attached hydrogens (primary N) is 1. The standard InChI is InChI=1S/C17H20N2O4S/c18-14(20)13-9-2-1-3-10(9)24-16(13)19-15(21)11-7-4-5-8(6-7)12(11)17(22)23/h7-8,11-12H,1-6H2,(H2,18,20)(H,19,21)(H,22,23)/t7-,8-,11+,12+/m0/s1. The second kappa shape index (κ2) is 5.58. The predicted octanol–water partition coefficient (Wildman–Crippen LogP) is 2.02. The molecule has 6 nitrogen and oxygen atoms in total. The number of aryl methyl sites for hydroxylation is 1. The quantitative estimate of drug-likeness (QED) is 0.773. The first-order valence-corrected chi connectivity index (χ1v) is 9.27. The predicted molar refractivity (Wildman–Crippen MR) is 88.9 cm³/mol. The Morgan fingerprint density at radius 2 is 1.83 bits per heavy atom. The smallest absolute Gasteiger partial charge is 0.307 e. The first kappa shape index (κ1) is 15.6. The molecule has 4 rings (SSSR count). The monoisotopic (exact) mass is 348 g/mol. The summed E-state index contributed by atoms with van der Waals surface area (Å²) in [5.41, 5.74) is 6.91. The number of carboxylic acids is 1. The van der Waals surface area contributed by atoms with E-state index in [9.17, 15) is 19.5 Å². The van der Waals surface area contributed by atoms with Crippen molar-refractivity contribution in [3.63, 3.8) is 0 Å². The van der Waals surface area contributed by atoms with Gasteiger partial charge in [-0.15, -0.1) is 11.3 Å². The van der Waals surface area contributed by atoms with Crippen LogP contribution in [0, 0.1) is 23.7 Å². The summed E-state index contributed by atoms with van der Waals surface area (Å²) in [6.07, 6.45) is 5.34. The van der Waals surface area contributed by atoms with Gasteiger partial charge in [0.25, 0.3) is 5.91 Å². The van der Waals surface area contributed by atoms with E-state index in [1.807, 2.05) is 0 Å². The highest BCUT2D eigenvalue weighted by Crippen LogP contribution is 2.53. The van der Waals surface area contributed by atoms with E-state index in [0.717, 1.165) is 49.0 Å². The van der Waals surface area contributed by atoms with Crippen LogP contribution in [0.3, 0.4) is 0 Å². The molecule has 24 heavy (non-hydrogen) atoms. The minimum Gasteiger partial charge on any atom is -0.481 e. The summed E-state index contributed by atoms with van der Waals surface area (Å²) >= 11 is 1.41. The molecule has 128 valence electrons. The minimum atomic E-state index is -0.883. The molecule has 1 heterocycles. The zero-order valence-corrected chi connectivity index (χ0v) is 14.0. The molecule has 1 aromatic heterocycles. The second-order valence-electron chi connectivity index (χ2n) is 7.14. The molecular formula is C17H20N2O4S. The van der Waals surface area contributed by atoms with Crippen molar-refractivity contribution in [1.82, 2.24) is 0 Å². The third-order valence-corrected chi connectivity index (χ3v) is 7.12. The molecule has 2 saturated carbocycles. The summed E-state index contributed by atoms with van der Waals surface area (Å²) in [4.78, 5) is 37.3. The van der Waals surface area contributed by atoms with Crippen LogP contribution in [-0.4, -0.2) is 22.9 Å². The van der Waals surface area contributed by atoms with E-state index < -0.39 is 23.7 Å². The molecule has 7 heteroatoms. The lowest BCUT2D eigenvalue weighted by Gasteiger charge is -2.26. The maximum absolute atomic E-state index is 12.8. The molecule has 0 radical (unpaired) electrons. The van der Waals surface area contributed by atoms with Crippen LogP contribution < -0.4 is 11.1 Å². The fourth-order valence-electron chi connectivity index (χ4n) is 4.97. The van der Waals surface area contributed by atoms with E-state index in [0.29, 0.717) is 10.6 Å². The van der Waals surface area contributed by atoms with Gasteiger partial charge in [0.05, 0.1) is 17.4 Å². The number of carboxylic acid groups (broad SMARTS) is 1. The molecule has 0 aliphatic heterocycles. The Balaban J connectivity index is 1.61. The van der Waals surface area contributed by atoms with Gasteiger partial charge in [0.15, 0.2) is 0 Å². The Labute approximate surface area is 143 Å². The summed E-state index contributed by atoms with van der Waals surface area (Å²) in [5, 5.41) is 12.9. The van der Waals surface area contributed by atoms with Gasteiger partial charge in [-0.05, 0) is 55.9 Å². The maximum Gasteiger partial charge on any atom is 0.307 e. The van der Waals surface area contributed by atoms with E-state index >= 15 is 0 Å². The number of thiophene rings is 1.